The normalized spacial score (nSPS) is 21.2. The van der Waals surface area contributed by atoms with Gasteiger partial charge in [-0.05, 0) is 47.8 Å². The third-order valence-electron chi connectivity index (χ3n) is 5.43. The lowest BCUT2D eigenvalue weighted by Gasteiger charge is -2.39. The quantitative estimate of drug-likeness (QED) is 0.661. The smallest absolute Gasteiger partial charge is 0.423 e. The highest BCUT2D eigenvalue weighted by molar-refractivity contribution is 7.67. The predicted octanol–water partition coefficient (Wildman–Crippen LogP) is 3.14. The molecule has 1 aromatic rings. The van der Waals surface area contributed by atoms with Crippen LogP contribution >= 0.6 is 7.92 Å². The Morgan fingerprint density at radius 3 is 1.77 bits per heavy atom. The van der Waals surface area contributed by atoms with Gasteiger partial charge in [-0.3, -0.25) is 0 Å². The minimum atomic E-state index is -1.33. The first-order valence-electron chi connectivity index (χ1n) is 9.01. The second-order valence-corrected chi connectivity index (χ2v) is 9.68. The predicted molar refractivity (Wildman–Crippen MR) is 96.6 cm³/mol. The minimum Gasteiger partial charge on any atom is -0.423 e. The highest BCUT2D eigenvalue weighted by atomic mass is 31.1. The molecular formula is C18H28BO2P. The van der Waals surface area contributed by atoms with Gasteiger partial charge >= 0.3 is 7.12 Å². The molecule has 4 heteroatoms. The first kappa shape index (κ1) is 16.5. The Labute approximate surface area is 136 Å². The Hall–Kier alpha value is -0.365. The summed E-state index contributed by atoms with van der Waals surface area (Å²) in [5.41, 5.74) is 2.36. The minimum absolute atomic E-state index is 0.265. The Balaban J connectivity index is 1.93. The van der Waals surface area contributed by atoms with Crippen molar-refractivity contribution in [3.63, 3.8) is 0 Å². The molecule has 0 amide bonds. The van der Waals surface area contributed by atoms with E-state index in [1.54, 1.807) is 0 Å². The van der Waals surface area contributed by atoms with Crippen molar-refractivity contribution in [2.24, 2.45) is 0 Å². The summed E-state index contributed by atoms with van der Waals surface area (Å²) in [4.78, 5) is 0. The second kappa shape index (κ2) is 7.95. The van der Waals surface area contributed by atoms with Crippen LogP contribution < -0.4 is 10.8 Å². The van der Waals surface area contributed by atoms with Gasteiger partial charge < -0.3 is 10.0 Å². The summed E-state index contributed by atoms with van der Waals surface area (Å²) in [6.45, 7) is 0. The third kappa shape index (κ3) is 3.75. The lowest BCUT2D eigenvalue weighted by Crippen LogP contribution is -2.43. The maximum atomic E-state index is 9.82. The largest absolute Gasteiger partial charge is 0.489 e. The van der Waals surface area contributed by atoms with Crippen molar-refractivity contribution in [1.82, 2.24) is 0 Å². The standard InChI is InChI=1S/C18H28BO2P/c20-19(21)17-13-7-8-14-18(17)22(15-9-3-1-4-10-15)16-11-5-2-6-12-16/h7-8,13-16,20-21H,1-6,9-12H2. The van der Waals surface area contributed by atoms with Crippen LogP contribution in [0, 0.1) is 0 Å². The highest BCUT2D eigenvalue weighted by Gasteiger charge is 2.34. The monoisotopic (exact) mass is 318 g/mol. The molecule has 0 radical (unpaired) electrons. The molecule has 0 aromatic heterocycles. The molecule has 22 heavy (non-hydrogen) atoms. The summed E-state index contributed by atoms with van der Waals surface area (Å²) in [6, 6.07) is 8.13. The van der Waals surface area contributed by atoms with Crippen molar-refractivity contribution >= 4 is 25.8 Å². The molecule has 120 valence electrons. The lowest BCUT2D eigenvalue weighted by molar-refractivity contribution is 0.426. The first-order valence-corrected chi connectivity index (χ1v) is 10.5. The van der Waals surface area contributed by atoms with Gasteiger partial charge in [-0.1, -0.05) is 70.7 Å². The molecule has 0 bridgehead atoms. The van der Waals surface area contributed by atoms with E-state index in [1.165, 1.54) is 69.5 Å². The van der Waals surface area contributed by atoms with E-state index in [0.29, 0.717) is 0 Å². The molecule has 2 aliphatic carbocycles. The van der Waals surface area contributed by atoms with Gasteiger partial charge in [0.25, 0.3) is 0 Å². The Morgan fingerprint density at radius 2 is 1.27 bits per heavy atom. The van der Waals surface area contributed by atoms with Gasteiger partial charge in [-0.25, -0.2) is 0 Å². The zero-order valence-corrected chi connectivity index (χ0v) is 14.3. The molecule has 0 heterocycles. The van der Waals surface area contributed by atoms with E-state index in [4.69, 9.17) is 0 Å². The molecule has 3 rings (SSSR count). The maximum absolute atomic E-state index is 9.82. The van der Waals surface area contributed by atoms with Gasteiger partial charge in [-0.2, -0.15) is 0 Å². The lowest BCUT2D eigenvalue weighted by atomic mass is 9.80. The second-order valence-electron chi connectivity index (χ2n) is 6.92. The van der Waals surface area contributed by atoms with Crippen LogP contribution in [0.2, 0.25) is 0 Å². The molecular weight excluding hydrogens is 290 g/mol. The van der Waals surface area contributed by atoms with Crippen molar-refractivity contribution in [2.75, 3.05) is 0 Å². The van der Waals surface area contributed by atoms with E-state index in [2.05, 4.69) is 12.1 Å². The summed E-state index contributed by atoms with van der Waals surface area (Å²) >= 11 is 0. The molecule has 0 saturated heterocycles. The average molecular weight is 318 g/mol. The van der Waals surface area contributed by atoms with Crippen molar-refractivity contribution in [2.45, 2.75) is 75.5 Å². The maximum Gasteiger partial charge on any atom is 0.489 e. The SMILES string of the molecule is OB(O)c1ccccc1P(C1CCCCC1)C1CCCCC1. The van der Waals surface area contributed by atoms with E-state index in [-0.39, 0.29) is 7.92 Å². The summed E-state index contributed by atoms with van der Waals surface area (Å²) in [7, 11) is -1.59. The molecule has 0 unspecified atom stereocenters. The topological polar surface area (TPSA) is 40.5 Å². The van der Waals surface area contributed by atoms with Crippen molar-refractivity contribution < 1.29 is 10.0 Å². The van der Waals surface area contributed by atoms with Crippen LogP contribution in [0.3, 0.4) is 0 Å². The third-order valence-corrected chi connectivity index (χ3v) is 9.00. The molecule has 2 saturated carbocycles. The summed E-state index contributed by atoms with van der Waals surface area (Å²) in [5.74, 6) is 0. The highest BCUT2D eigenvalue weighted by Crippen LogP contribution is 2.54. The molecule has 1 aromatic carbocycles. The Kier molecular flexibility index (Phi) is 5.96. The molecule has 2 aliphatic rings. The van der Waals surface area contributed by atoms with Gasteiger partial charge in [0.2, 0.25) is 0 Å². The van der Waals surface area contributed by atoms with Crippen LogP contribution in [0.5, 0.6) is 0 Å². The zero-order chi connectivity index (χ0) is 15.4. The van der Waals surface area contributed by atoms with E-state index in [0.717, 1.165) is 16.8 Å². The summed E-state index contributed by atoms with van der Waals surface area (Å²) in [5, 5.41) is 20.9. The van der Waals surface area contributed by atoms with Gasteiger partial charge in [0.05, 0.1) is 0 Å². The van der Waals surface area contributed by atoms with Gasteiger partial charge in [0, 0.05) is 0 Å². The fourth-order valence-corrected chi connectivity index (χ4v) is 8.32. The zero-order valence-electron chi connectivity index (χ0n) is 13.5. The number of hydrogen-bond donors (Lipinski definition) is 2. The van der Waals surface area contributed by atoms with Crippen molar-refractivity contribution in [3.05, 3.63) is 24.3 Å². The average Bonchev–Trinajstić information content (AvgIpc) is 2.57. The number of rotatable bonds is 4. The van der Waals surface area contributed by atoms with Crippen LogP contribution in [-0.4, -0.2) is 28.5 Å². The van der Waals surface area contributed by atoms with Crippen LogP contribution in [0.15, 0.2) is 24.3 Å². The summed E-state index contributed by atoms with van der Waals surface area (Å²) < 4.78 is 0. The van der Waals surface area contributed by atoms with Crippen molar-refractivity contribution in [1.29, 1.82) is 0 Å². The van der Waals surface area contributed by atoms with Gasteiger partial charge in [0.1, 0.15) is 0 Å². The van der Waals surface area contributed by atoms with Crippen LogP contribution in [0.25, 0.3) is 0 Å². The number of hydrogen-bond acceptors (Lipinski definition) is 2. The van der Waals surface area contributed by atoms with Crippen molar-refractivity contribution in [3.8, 4) is 0 Å². The molecule has 2 fully saturated rings. The van der Waals surface area contributed by atoms with Gasteiger partial charge in [0.15, 0.2) is 0 Å². The Morgan fingerprint density at radius 1 is 0.773 bits per heavy atom. The molecule has 2 nitrogen and oxygen atoms in total. The van der Waals surface area contributed by atoms with E-state index in [9.17, 15) is 10.0 Å². The fraction of sp³-hybridized carbons (Fsp3) is 0.667. The van der Waals surface area contributed by atoms with E-state index in [1.807, 2.05) is 12.1 Å². The van der Waals surface area contributed by atoms with Crippen LogP contribution in [0.4, 0.5) is 0 Å². The van der Waals surface area contributed by atoms with Crippen LogP contribution in [0.1, 0.15) is 64.2 Å². The molecule has 0 spiro atoms. The first-order chi connectivity index (χ1) is 10.8. The van der Waals surface area contributed by atoms with Gasteiger partial charge in [-0.15, -0.1) is 0 Å². The Bertz CT molecular complexity index is 450. The van der Waals surface area contributed by atoms with E-state index >= 15 is 0 Å². The molecule has 0 atom stereocenters. The molecule has 2 N–H and O–H groups in total. The van der Waals surface area contributed by atoms with E-state index < -0.39 is 7.12 Å². The van der Waals surface area contributed by atoms with Crippen LogP contribution in [-0.2, 0) is 0 Å². The fourth-order valence-electron chi connectivity index (χ4n) is 4.35. The number of benzene rings is 1. The summed E-state index contributed by atoms with van der Waals surface area (Å²) in [6.07, 6.45) is 13.6. The molecule has 0 aliphatic heterocycles.